The highest BCUT2D eigenvalue weighted by Gasteiger charge is 2.22. The molecule has 3 rings (SSSR count). The predicted octanol–water partition coefficient (Wildman–Crippen LogP) is 4.23. The zero-order valence-electron chi connectivity index (χ0n) is 11.1. The van der Waals surface area contributed by atoms with Crippen LogP contribution < -0.4 is 0 Å². The molecule has 0 fully saturated rings. The monoisotopic (exact) mass is 300 g/mol. The molecule has 106 valence electrons. The first-order valence-electron chi connectivity index (χ1n) is 6.58. The highest BCUT2D eigenvalue weighted by atomic mass is 35.5. The quantitative estimate of drug-likeness (QED) is 0.579. The van der Waals surface area contributed by atoms with Crippen LogP contribution in [-0.2, 0) is 0 Å². The number of benzene rings is 2. The second-order valence-electron chi connectivity index (χ2n) is 4.93. The van der Waals surface area contributed by atoms with E-state index in [4.69, 9.17) is 11.6 Å². The Labute approximate surface area is 126 Å². The molecule has 4 nitrogen and oxygen atoms in total. The number of H-pyrrole nitrogens is 1. The molecule has 0 bridgehead atoms. The van der Waals surface area contributed by atoms with Gasteiger partial charge in [0.15, 0.2) is 0 Å². The lowest BCUT2D eigenvalue weighted by molar-refractivity contribution is -0.481. The van der Waals surface area contributed by atoms with Crippen molar-refractivity contribution in [3.8, 4) is 0 Å². The number of rotatable bonds is 4. The standard InChI is InChI=1S/C16H13ClN2O2/c17-13-7-5-11(6-8-13)14(10-19(20)21)16-9-12-3-1-2-4-15(12)18-16/h1-9,14,18H,10H2/t14-/m1/s1. The molecular weight excluding hydrogens is 288 g/mol. The van der Waals surface area contributed by atoms with E-state index in [9.17, 15) is 10.1 Å². The Kier molecular flexibility index (Phi) is 3.62. The second-order valence-corrected chi connectivity index (χ2v) is 5.37. The molecule has 0 aliphatic heterocycles. The molecule has 0 radical (unpaired) electrons. The maximum absolute atomic E-state index is 11.0. The third-order valence-corrected chi connectivity index (χ3v) is 3.78. The number of nitro groups is 1. The van der Waals surface area contributed by atoms with E-state index in [1.165, 1.54) is 0 Å². The van der Waals surface area contributed by atoms with Crippen LogP contribution >= 0.6 is 11.6 Å². The van der Waals surface area contributed by atoms with Crippen molar-refractivity contribution in [2.45, 2.75) is 5.92 Å². The Balaban J connectivity index is 2.05. The minimum absolute atomic E-state index is 0.158. The van der Waals surface area contributed by atoms with Crippen molar-refractivity contribution in [1.29, 1.82) is 0 Å². The van der Waals surface area contributed by atoms with Crippen LogP contribution in [-0.4, -0.2) is 16.5 Å². The predicted molar refractivity (Wildman–Crippen MR) is 83.5 cm³/mol. The first-order chi connectivity index (χ1) is 10.1. The van der Waals surface area contributed by atoms with Crippen molar-refractivity contribution in [2.75, 3.05) is 6.54 Å². The maximum atomic E-state index is 11.0. The summed E-state index contributed by atoms with van der Waals surface area (Å²) in [5.41, 5.74) is 2.70. The van der Waals surface area contributed by atoms with Crippen LogP contribution in [0.4, 0.5) is 0 Å². The van der Waals surface area contributed by atoms with Gasteiger partial charge in [0.05, 0.1) is 5.92 Å². The van der Waals surface area contributed by atoms with Gasteiger partial charge >= 0.3 is 0 Å². The molecule has 0 saturated carbocycles. The molecule has 0 amide bonds. The summed E-state index contributed by atoms with van der Waals surface area (Å²) in [5, 5.41) is 12.7. The molecule has 0 aliphatic carbocycles. The fourth-order valence-electron chi connectivity index (χ4n) is 2.51. The van der Waals surface area contributed by atoms with E-state index in [1.54, 1.807) is 12.1 Å². The number of fused-ring (bicyclic) bond motifs is 1. The van der Waals surface area contributed by atoms with Crippen LogP contribution in [0.15, 0.2) is 54.6 Å². The zero-order valence-corrected chi connectivity index (χ0v) is 11.9. The Morgan fingerprint density at radius 2 is 1.86 bits per heavy atom. The third kappa shape index (κ3) is 2.90. The molecule has 0 unspecified atom stereocenters. The number of nitrogens with zero attached hydrogens (tertiary/aromatic N) is 1. The number of halogens is 1. The summed E-state index contributed by atoms with van der Waals surface area (Å²) in [4.78, 5) is 14.0. The van der Waals surface area contributed by atoms with Crippen molar-refractivity contribution >= 4 is 22.5 Å². The Hall–Kier alpha value is -2.33. The molecule has 1 N–H and O–H groups in total. The van der Waals surface area contributed by atoms with E-state index in [0.29, 0.717) is 5.02 Å². The molecule has 0 saturated heterocycles. The summed E-state index contributed by atoms with van der Waals surface area (Å²) < 4.78 is 0. The van der Waals surface area contributed by atoms with Gasteiger partial charge in [0.1, 0.15) is 0 Å². The van der Waals surface area contributed by atoms with Crippen LogP contribution in [0.3, 0.4) is 0 Å². The van der Waals surface area contributed by atoms with Gasteiger partial charge in [-0.2, -0.15) is 0 Å². The Morgan fingerprint density at radius 1 is 1.14 bits per heavy atom. The van der Waals surface area contributed by atoms with E-state index in [1.807, 2.05) is 42.5 Å². The number of para-hydroxylation sites is 1. The van der Waals surface area contributed by atoms with Gasteiger partial charge in [0.2, 0.25) is 6.54 Å². The molecule has 3 aromatic rings. The van der Waals surface area contributed by atoms with E-state index in [0.717, 1.165) is 22.2 Å². The normalized spacial score (nSPS) is 12.4. The van der Waals surface area contributed by atoms with E-state index in [2.05, 4.69) is 4.98 Å². The van der Waals surface area contributed by atoms with Gasteiger partial charge in [0, 0.05) is 21.2 Å². The smallest absolute Gasteiger partial charge is 0.216 e. The van der Waals surface area contributed by atoms with Gasteiger partial charge in [-0.3, -0.25) is 10.1 Å². The number of nitrogens with one attached hydrogen (secondary N) is 1. The number of aromatic nitrogens is 1. The van der Waals surface area contributed by atoms with Gasteiger partial charge in [-0.05, 0) is 35.2 Å². The van der Waals surface area contributed by atoms with Crippen LogP contribution in [0, 0.1) is 10.1 Å². The van der Waals surface area contributed by atoms with Gasteiger partial charge in [-0.1, -0.05) is 41.9 Å². The van der Waals surface area contributed by atoms with Gasteiger partial charge < -0.3 is 4.98 Å². The van der Waals surface area contributed by atoms with E-state index < -0.39 is 0 Å². The highest BCUT2D eigenvalue weighted by Crippen LogP contribution is 2.28. The lowest BCUT2D eigenvalue weighted by Gasteiger charge is -2.12. The van der Waals surface area contributed by atoms with Crippen LogP contribution in [0.25, 0.3) is 10.9 Å². The van der Waals surface area contributed by atoms with E-state index >= 15 is 0 Å². The molecule has 1 atom stereocenters. The van der Waals surface area contributed by atoms with E-state index in [-0.39, 0.29) is 17.4 Å². The first kappa shape index (κ1) is 13.6. The SMILES string of the molecule is O=[N+]([O-])C[C@H](c1ccc(Cl)cc1)c1cc2ccccc2[nH]1. The summed E-state index contributed by atoms with van der Waals surface area (Å²) in [6.07, 6.45) is 0. The zero-order chi connectivity index (χ0) is 14.8. The highest BCUT2D eigenvalue weighted by molar-refractivity contribution is 6.30. The molecular formula is C16H13ClN2O2. The summed E-state index contributed by atoms with van der Waals surface area (Å²) >= 11 is 5.89. The molecule has 2 aromatic carbocycles. The number of hydrogen-bond donors (Lipinski definition) is 1. The molecule has 1 heterocycles. The molecule has 21 heavy (non-hydrogen) atoms. The lowest BCUT2D eigenvalue weighted by atomic mass is 9.96. The maximum Gasteiger partial charge on any atom is 0.216 e. The fraction of sp³-hybridized carbons (Fsp3) is 0.125. The lowest BCUT2D eigenvalue weighted by Crippen LogP contribution is -2.14. The Morgan fingerprint density at radius 3 is 2.52 bits per heavy atom. The third-order valence-electron chi connectivity index (χ3n) is 3.53. The Bertz CT molecular complexity index is 747. The average Bonchev–Trinajstić information content (AvgIpc) is 2.89. The number of aromatic amines is 1. The topological polar surface area (TPSA) is 58.9 Å². The van der Waals surface area contributed by atoms with Gasteiger partial charge in [-0.15, -0.1) is 0 Å². The summed E-state index contributed by atoms with van der Waals surface area (Å²) in [6, 6.07) is 17.0. The van der Waals surface area contributed by atoms with Gasteiger partial charge in [0.25, 0.3) is 0 Å². The molecule has 1 aromatic heterocycles. The van der Waals surface area contributed by atoms with Crippen LogP contribution in [0.2, 0.25) is 5.02 Å². The second kappa shape index (κ2) is 5.58. The van der Waals surface area contributed by atoms with Crippen molar-refractivity contribution in [3.05, 3.63) is 81.0 Å². The van der Waals surface area contributed by atoms with Gasteiger partial charge in [-0.25, -0.2) is 0 Å². The van der Waals surface area contributed by atoms with Crippen LogP contribution in [0.5, 0.6) is 0 Å². The fourth-order valence-corrected chi connectivity index (χ4v) is 2.64. The molecule has 0 spiro atoms. The first-order valence-corrected chi connectivity index (χ1v) is 6.96. The largest absolute Gasteiger partial charge is 0.358 e. The summed E-state index contributed by atoms with van der Waals surface area (Å²) in [5.74, 6) is -0.315. The number of hydrogen-bond acceptors (Lipinski definition) is 2. The molecule has 0 aliphatic rings. The summed E-state index contributed by atoms with van der Waals surface area (Å²) in [6.45, 7) is -0.158. The minimum Gasteiger partial charge on any atom is -0.358 e. The average molecular weight is 301 g/mol. The molecule has 5 heteroatoms. The van der Waals surface area contributed by atoms with Crippen molar-refractivity contribution in [1.82, 2.24) is 4.98 Å². The van der Waals surface area contributed by atoms with Crippen LogP contribution in [0.1, 0.15) is 17.2 Å². The van der Waals surface area contributed by atoms with Crippen molar-refractivity contribution in [3.63, 3.8) is 0 Å². The van der Waals surface area contributed by atoms with Crippen molar-refractivity contribution in [2.24, 2.45) is 0 Å². The minimum atomic E-state index is -0.315. The van der Waals surface area contributed by atoms with Crippen molar-refractivity contribution < 1.29 is 4.92 Å². The summed E-state index contributed by atoms with van der Waals surface area (Å²) in [7, 11) is 0.